The molecule has 0 saturated carbocycles. The number of rotatable bonds is 15. The van der Waals surface area contributed by atoms with Crippen molar-refractivity contribution in [2.45, 2.75) is 174 Å². The first-order chi connectivity index (χ1) is 50.9. The normalized spacial score (nSPS) is 13.2. The summed E-state index contributed by atoms with van der Waals surface area (Å²) >= 11 is 3.64. The maximum atomic E-state index is 11.7. The standard InChI is InChI=1S/C15H19N3O3.C13H13N3O2.C12H14BN3O2.C12H12BrN3.C11H13NO3.C8H9NO2.C4H8N2O.3CH4/c1-3-21-15(20)10-13(12-7-4-6-11(2)16-12)17-18-9-5-8-14(18)19;2*1-8-4-2-5-9(14-8)12-11(13(17)18)10-6-3-7-16(10)15-12;1-8-4-2-5-9(14-8)12-11(13)10-6-3-7-16(10)15-12;1-3-15-11(14)7-10(13)9-6-4-5-8(2)12-9;1-6-4-3-5-7(9-6)8(10)11-2;5-6-3-1-2-4(6)7;;;/h4,6-7H,3,5,8-10H2,1-2H3;2,4-5H,3,6-7H2,1H3,(H,17,18);2,4-5,17-18H,3,6-7H2,1H3;2,4-5H,3,6-7H2,1H3;4-6H,3,7H2,1-2H3;3-5H,1-2H3;1-3,5H2;3*1H4. The lowest BCUT2D eigenvalue weighted by atomic mass is 9.77. The Balaban J connectivity index is 0.000000230. The number of hydrazone groups is 1. The van der Waals surface area contributed by atoms with Crippen molar-refractivity contribution in [2.75, 3.05) is 33.4 Å². The highest BCUT2D eigenvalue weighted by atomic mass is 79.9. The van der Waals surface area contributed by atoms with Crippen LogP contribution in [0.1, 0.15) is 182 Å². The number of nitrogens with zero attached hydrogens (tertiary/aromatic N) is 15. The molecule has 31 heteroatoms. The van der Waals surface area contributed by atoms with Crippen LogP contribution in [0.25, 0.3) is 34.2 Å². The maximum Gasteiger partial charge on any atom is 0.492 e. The van der Waals surface area contributed by atoms with Gasteiger partial charge in [-0.2, -0.15) is 20.4 Å². The maximum absolute atomic E-state index is 11.7. The van der Waals surface area contributed by atoms with E-state index in [2.05, 4.69) is 80.4 Å². The number of ketones is 1. The van der Waals surface area contributed by atoms with Crippen molar-refractivity contribution in [3.05, 3.63) is 188 Å². The van der Waals surface area contributed by atoms with Gasteiger partial charge in [-0.1, -0.05) is 58.7 Å². The van der Waals surface area contributed by atoms with Crippen LogP contribution in [0.15, 0.2) is 119 Å². The first kappa shape index (κ1) is 88.7. The number of nitrogens with two attached hydrogens (primary N) is 1. The average Bonchev–Trinajstić information content (AvgIpc) is 1.64. The monoisotopic (exact) mass is 1560 g/mol. The molecule has 29 nitrogen and oxygen atoms in total. The van der Waals surface area contributed by atoms with Gasteiger partial charge in [0.05, 0.1) is 71.1 Å². The molecule has 0 spiro atoms. The van der Waals surface area contributed by atoms with Crippen LogP contribution in [0.5, 0.6) is 0 Å². The number of Topliss-reactive ketones (excluding diaryl/α,β-unsaturated/α-hetero) is 1. The molecule has 109 heavy (non-hydrogen) atoms. The molecule has 14 rings (SSSR count). The second-order valence-corrected chi connectivity index (χ2v) is 25.7. The Morgan fingerprint density at radius 1 is 0.505 bits per heavy atom. The van der Waals surface area contributed by atoms with Crippen molar-refractivity contribution < 1.29 is 62.9 Å². The summed E-state index contributed by atoms with van der Waals surface area (Å²) in [6, 6.07) is 33.1. The number of halogens is 1. The highest BCUT2D eigenvalue weighted by Gasteiger charge is 2.31. The van der Waals surface area contributed by atoms with Gasteiger partial charge in [0.25, 0.3) is 0 Å². The fourth-order valence-electron chi connectivity index (χ4n) is 11.7. The van der Waals surface area contributed by atoms with Crippen LogP contribution in [-0.4, -0.2) is 172 Å². The van der Waals surface area contributed by atoms with E-state index in [1.54, 1.807) is 67.9 Å². The summed E-state index contributed by atoms with van der Waals surface area (Å²) in [5.41, 5.74) is 15.1. The Labute approximate surface area is 645 Å². The third-order valence-electron chi connectivity index (χ3n) is 16.6. The van der Waals surface area contributed by atoms with Crippen LogP contribution < -0.4 is 11.3 Å². The minimum absolute atomic E-state index is 0. The molecule has 9 aromatic rings. The van der Waals surface area contributed by atoms with E-state index in [1.807, 2.05) is 106 Å². The molecule has 580 valence electrons. The Morgan fingerprint density at radius 2 is 0.908 bits per heavy atom. The van der Waals surface area contributed by atoms with E-state index in [0.717, 1.165) is 133 Å². The third kappa shape index (κ3) is 25.1. The summed E-state index contributed by atoms with van der Waals surface area (Å²) in [6.45, 7) is 19.3. The highest BCUT2D eigenvalue weighted by molar-refractivity contribution is 9.10. The number of hydrogen-bond donors (Lipinski definition) is 4. The van der Waals surface area contributed by atoms with Gasteiger partial charge in [0.1, 0.15) is 40.5 Å². The summed E-state index contributed by atoms with van der Waals surface area (Å²) in [4.78, 5) is 104. The number of carboxylic acid groups (broad SMARTS) is 1. The first-order valence-corrected chi connectivity index (χ1v) is 35.7. The van der Waals surface area contributed by atoms with E-state index >= 15 is 0 Å². The number of aryl methyl sites for hydroxylation is 9. The molecule has 0 atom stereocenters. The quantitative estimate of drug-likeness (QED) is 0.0108. The summed E-state index contributed by atoms with van der Waals surface area (Å²) < 4.78 is 21.0. The number of ether oxygens (including phenoxy) is 3. The van der Waals surface area contributed by atoms with E-state index in [0.29, 0.717) is 82.6 Å². The van der Waals surface area contributed by atoms with Crippen LogP contribution >= 0.6 is 15.9 Å². The van der Waals surface area contributed by atoms with E-state index in [-0.39, 0.29) is 65.3 Å². The third-order valence-corrected chi connectivity index (χ3v) is 17.5. The lowest BCUT2D eigenvalue weighted by molar-refractivity contribution is -0.142. The van der Waals surface area contributed by atoms with Crippen LogP contribution in [0.2, 0.25) is 0 Å². The van der Waals surface area contributed by atoms with Gasteiger partial charge in [0.2, 0.25) is 11.8 Å². The van der Waals surface area contributed by atoms with Gasteiger partial charge in [-0.05, 0) is 195 Å². The first-order valence-electron chi connectivity index (χ1n) is 34.9. The van der Waals surface area contributed by atoms with Crippen LogP contribution in [0, 0.1) is 41.5 Å². The van der Waals surface area contributed by atoms with Crippen LogP contribution in [0.4, 0.5) is 0 Å². The molecule has 9 aromatic heterocycles. The van der Waals surface area contributed by atoms with Gasteiger partial charge >= 0.3 is 31.0 Å². The molecular weight excluding hydrogens is 1460 g/mol. The Hall–Kier alpha value is -10.9. The number of aromatic carboxylic acids is 1. The molecule has 5 aliphatic heterocycles. The predicted octanol–water partition coefficient (Wildman–Crippen LogP) is 10.5. The molecule has 2 saturated heterocycles. The van der Waals surface area contributed by atoms with Crippen LogP contribution in [-0.2, 0) is 72.3 Å². The lowest BCUT2D eigenvalue weighted by Crippen LogP contribution is -2.33. The molecule has 0 aliphatic carbocycles. The number of amides is 2. The molecule has 14 heterocycles. The Morgan fingerprint density at radius 3 is 1.36 bits per heavy atom. The summed E-state index contributed by atoms with van der Waals surface area (Å²) in [7, 11) is -0.157. The zero-order valence-electron chi connectivity index (χ0n) is 61.0. The smallest absolute Gasteiger partial charge is 0.478 e. The molecule has 0 radical (unpaired) electrons. The zero-order valence-corrected chi connectivity index (χ0v) is 62.6. The minimum atomic E-state index is -1.50. The molecule has 2 fully saturated rings. The molecule has 0 unspecified atom stereocenters. The number of methoxy groups -OCH3 is 1. The summed E-state index contributed by atoms with van der Waals surface area (Å²) in [5.74, 6) is 2.71. The van der Waals surface area contributed by atoms with E-state index in [9.17, 15) is 48.7 Å². The van der Waals surface area contributed by atoms with E-state index in [1.165, 1.54) is 29.2 Å². The minimum Gasteiger partial charge on any atom is -0.478 e. The Bertz CT molecular complexity index is 4630. The van der Waals surface area contributed by atoms with E-state index in [4.69, 9.17) is 10.6 Å². The number of pyridine rings is 6. The number of carboxylic acids is 1. The fourth-order valence-corrected chi connectivity index (χ4v) is 12.4. The van der Waals surface area contributed by atoms with Crippen molar-refractivity contribution >= 4 is 75.7 Å². The molecule has 0 aromatic carbocycles. The number of esters is 3. The molecule has 0 bridgehead atoms. The SMILES string of the molecule is C.C.C.CCOC(=O)CC(=NN1CCCC1=O)c1cccc(C)n1.CCOC(=O)CC(=O)c1cccc(C)n1.COC(=O)c1cccc(C)n1.Cc1cccc(-c2nn3c(c2B(O)O)CCC3)n1.Cc1cccc(-c2nn3c(c2Br)CCC3)n1.Cc1cccc(-c2nn3c(c2C(=O)O)CCC3)n1.NN1CCCC1=O. The van der Waals surface area contributed by atoms with Gasteiger partial charge in [-0.3, -0.25) is 67.9 Å². The molecular formula is C78H100BBrN16O13. The summed E-state index contributed by atoms with van der Waals surface area (Å²) in [5, 5.41) is 49.0. The summed E-state index contributed by atoms with van der Waals surface area (Å²) in [6.07, 6.45) is 8.50. The zero-order chi connectivity index (χ0) is 76.6. The topological polar surface area (TPSA) is 384 Å². The van der Waals surface area contributed by atoms with Crippen molar-refractivity contribution in [1.82, 2.24) is 69.3 Å². The predicted molar refractivity (Wildman–Crippen MR) is 418 cm³/mol. The number of carbonyl (C=O) groups is 7. The van der Waals surface area contributed by atoms with Gasteiger partial charge < -0.3 is 29.4 Å². The number of carbonyl (C=O) groups excluding carboxylic acids is 6. The highest BCUT2D eigenvalue weighted by Crippen LogP contribution is 2.33. The second kappa shape index (κ2) is 43.2. The molecule has 2 amide bonds. The largest absolute Gasteiger partial charge is 0.492 e. The van der Waals surface area contributed by atoms with Gasteiger partial charge in [-0.25, -0.2) is 25.4 Å². The van der Waals surface area contributed by atoms with Crippen molar-refractivity contribution in [1.29, 1.82) is 0 Å². The van der Waals surface area contributed by atoms with Gasteiger partial charge in [-0.15, -0.1) is 0 Å². The average molecular weight is 1560 g/mol. The van der Waals surface area contributed by atoms with E-state index < -0.39 is 25.0 Å². The number of hydrazine groups is 1. The second-order valence-electron chi connectivity index (χ2n) is 24.9. The Kier molecular flexibility index (Phi) is 35.2. The lowest BCUT2D eigenvalue weighted by Gasteiger charge is -2.12. The van der Waals surface area contributed by atoms with Crippen molar-refractivity contribution in [3.63, 3.8) is 0 Å². The van der Waals surface area contributed by atoms with Gasteiger partial charge in [0.15, 0.2) is 5.78 Å². The number of fused-ring (bicyclic) bond motifs is 3. The van der Waals surface area contributed by atoms with Crippen LogP contribution in [0.3, 0.4) is 0 Å². The number of hydrogen-bond acceptors (Lipinski definition) is 23. The van der Waals surface area contributed by atoms with Gasteiger partial charge in [0, 0.05) is 90.9 Å². The molecule has 5 aliphatic rings. The van der Waals surface area contributed by atoms with Crippen molar-refractivity contribution in [3.8, 4) is 34.2 Å². The van der Waals surface area contributed by atoms with Crippen molar-refractivity contribution in [2.24, 2.45) is 10.9 Å². The molecule has 5 N–H and O–H groups in total. The number of aromatic nitrogens is 12. The fraction of sp³-hybridized carbons (Fsp3) is 0.397.